The van der Waals surface area contributed by atoms with Gasteiger partial charge >= 0.3 is 6.18 Å². The van der Waals surface area contributed by atoms with Crippen molar-refractivity contribution in [2.75, 3.05) is 42.3 Å². The van der Waals surface area contributed by atoms with E-state index >= 15 is 0 Å². The highest BCUT2D eigenvalue weighted by molar-refractivity contribution is 7.91. The van der Waals surface area contributed by atoms with Crippen LogP contribution < -0.4 is 19.7 Å². The first-order valence-electron chi connectivity index (χ1n) is 10.5. The Kier molecular flexibility index (Phi) is 6.42. The lowest BCUT2D eigenvalue weighted by atomic mass is 10.1. The maximum Gasteiger partial charge on any atom is 0.416 e. The highest BCUT2D eigenvalue weighted by atomic mass is 32.2. The summed E-state index contributed by atoms with van der Waals surface area (Å²) in [6.45, 7) is 2.02. The Morgan fingerprint density at radius 1 is 1.00 bits per heavy atom. The number of nitrogens with zero attached hydrogens (tertiary/aromatic N) is 1. The van der Waals surface area contributed by atoms with Crippen molar-refractivity contribution >= 4 is 27.1 Å². The van der Waals surface area contributed by atoms with E-state index in [2.05, 4.69) is 5.32 Å². The van der Waals surface area contributed by atoms with E-state index in [0.29, 0.717) is 43.5 Å². The summed E-state index contributed by atoms with van der Waals surface area (Å²) in [5, 5.41) is 2.48. The zero-order valence-corrected chi connectivity index (χ0v) is 18.5. The number of benzene rings is 2. The summed E-state index contributed by atoms with van der Waals surface area (Å²) in [5.41, 5.74) is -0.373. The van der Waals surface area contributed by atoms with Crippen molar-refractivity contribution < 1.29 is 35.9 Å². The molecule has 2 aromatic rings. The van der Waals surface area contributed by atoms with Gasteiger partial charge in [-0.2, -0.15) is 13.2 Å². The predicted octanol–water partition coefficient (Wildman–Crippen LogP) is 3.88. The van der Waals surface area contributed by atoms with Gasteiger partial charge in [-0.1, -0.05) is 0 Å². The van der Waals surface area contributed by atoms with Gasteiger partial charge in [0.05, 0.1) is 27.6 Å². The Morgan fingerprint density at radius 2 is 1.70 bits per heavy atom. The number of sulfone groups is 1. The molecule has 1 saturated heterocycles. The maximum atomic E-state index is 13.2. The fraction of sp³-hybridized carbons (Fsp3) is 0.409. The minimum absolute atomic E-state index is 0.0172. The number of carbonyl (C=O) groups is 1. The van der Waals surface area contributed by atoms with Gasteiger partial charge in [0.2, 0.25) is 5.91 Å². The van der Waals surface area contributed by atoms with Gasteiger partial charge in [0.1, 0.15) is 13.2 Å². The molecule has 178 valence electrons. The number of hydrogen-bond donors (Lipinski definition) is 1. The van der Waals surface area contributed by atoms with Gasteiger partial charge in [-0.3, -0.25) is 4.79 Å². The lowest BCUT2D eigenvalue weighted by Crippen LogP contribution is -2.23. The largest absolute Gasteiger partial charge is 0.486 e. The molecular formula is C22H23F3N2O5S. The summed E-state index contributed by atoms with van der Waals surface area (Å²) in [5.74, 6) is -0.435. The molecule has 11 heteroatoms. The van der Waals surface area contributed by atoms with Crippen LogP contribution in [-0.4, -0.2) is 46.4 Å². The van der Waals surface area contributed by atoms with E-state index in [1.54, 1.807) is 0 Å². The number of carbonyl (C=O) groups excluding carboxylic acids is 1. The average molecular weight is 484 g/mol. The number of anilines is 2. The molecule has 2 aromatic carbocycles. The molecule has 0 spiro atoms. The quantitative estimate of drug-likeness (QED) is 0.670. The number of ether oxygens (including phenoxy) is 2. The fourth-order valence-electron chi connectivity index (χ4n) is 3.82. The van der Waals surface area contributed by atoms with Crippen LogP contribution in [0.1, 0.15) is 24.8 Å². The van der Waals surface area contributed by atoms with E-state index in [9.17, 15) is 26.4 Å². The number of fused-ring (bicyclic) bond motifs is 1. The van der Waals surface area contributed by atoms with Crippen molar-refractivity contribution in [2.45, 2.75) is 30.3 Å². The molecule has 1 amide bonds. The molecule has 0 saturated carbocycles. The Morgan fingerprint density at radius 3 is 2.39 bits per heavy atom. The van der Waals surface area contributed by atoms with Crippen molar-refractivity contribution in [3.63, 3.8) is 0 Å². The third kappa shape index (κ3) is 5.35. The molecule has 0 aliphatic carbocycles. The first-order valence-corrected chi connectivity index (χ1v) is 12.2. The van der Waals surface area contributed by atoms with E-state index in [0.717, 1.165) is 25.0 Å². The van der Waals surface area contributed by atoms with Crippen molar-refractivity contribution in [3.8, 4) is 11.5 Å². The second kappa shape index (κ2) is 9.12. The van der Waals surface area contributed by atoms with Gasteiger partial charge in [-0.05, 0) is 43.2 Å². The van der Waals surface area contributed by atoms with Crippen LogP contribution in [0.2, 0.25) is 0 Å². The first-order chi connectivity index (χ1) is 15.6. The normalized spacial score (nSPS) is 16.0. The molecule has 0 bridgehead atoms. The second-order valence-corrected chi connectivity index (χ2v) is 9.96. The number of hydrogen-bond acceptors (Lipinski definition) is 6. The molecular weight excluding hydrogens is 461 g/mol. The van der Waals surface area contributed by atoms with Crippen molar-refractivity contribution in [1.82, 2.24) is 0 Å². The van der Waals surface area contributed by atoms with Crippen LogP contribution in [-0.2, 0) is 20.8 Å². The number of nitrogens with one attached hydrogen (secondary N) is 1. The Hall–Kier alpha value is -2.95. The van der Waals surface area contributed by atoms with E-state index < -0.39 is 39.7 Å². The Bertz CT molecular complexity index is 1150. The Balaban J connectivity index is 1.48. The number of halogens is 3. The molecule has 4 rings (SSSR count). The minimum Gasteiger partial charge on any atom is -0.486 e. The van der Waals surface area contributed by atoms with E-state index in [1.807, 2.05) is 4.90 Å². The van der Waals surface area contributed by atoms with Crippen molar-refractivity contribution in [2.24, 2.45) is 0 Å². The minimum atomic E-state index is -4.56. The molecule has 0 atom stereocenters. The van der Waals surface area contributed by atoms with E-state index in [4.69, 9.17) is 9.47 Å². The lowest BCUT2D eigenvalue weighted by molar-refractivity contribution is -0.137. The molecule has 0 radical (unpaired) electrons. The van der Waals surface area contributed by atoms with Gasteiger partial charge in [0.25, 0.3) is 0 Å². The molecule has 2 aliphatic rings. The van der Waals surface area contributed by atoms with Crippen LogP contribution in [0, 0.1) is 0 Å². The molecule has 1 N–H and O–H groups in total. The predicted molar refractivity (Wildman–Crippen MR) is 116 cm³/mol. The summed E-state index contributed by atoms with van der Waals surface area (Å²) in [6.07, 6.45) is -3.17. The van der Waals surface area contributed by atoms with Gasteiger partial charge in [0.15, 0.2) is 21.3 Å². The zero-order valence-electron chi connectivity index (χ0n) is 17.7. The third-order valence-corrected chi connectivity index (χ3v) is 7.23. The monoisotopic (exact) mass is 484 g/mol. The van der Waals surface area contributed by atoms with Crippen LogP contribution >= 0.6 is 0 Å². The number of rotatable bonds is 6. The summed E-state index contributed by atoms with van der Waals surface area (Å²) in [7, 11) is -3.83. The van der Waals surface area contributed by atoms with E-state index in [-0.39, 0.29) is 10.6 Å². The molecule has 0 aromatic heterocycles. The summed E-state index contributed by atoms with van der Waals surface area (Å²) in [6, 6.07) is 7.43. The zero-order chi connectivity index (χ0) is 23.6. The van der Waals surface area contributed by atoms with Gasteiger partial charge in [-0.15, -0.1) is 0 Å². The molecule has 2 aliphatic heterocycles. The van der Waals surface area contributed by atoms with Crippen LogP contribution in [0.3, 0.4) is 0 Å². The van der Waals surface area contributed by atoms with Gasteiger partial charge in [0, 0.05) is 25.6 Å². The molecule has 33 heavy (non-hydrogen) atoms. The molecule has 7 nitrogen and oxygen atoms in total. The van der Waals surface area contributed by atoms with Crippen molar-refractivity contribution in [1.29, 1.82) is 0 Å². The third-order valence-electron chi connectivity index (χ3n) is 5.52. The smallest absolute Gasteiger partial charge is 0.416 e. The standard InChI is InChI=1S/C22H23F3N2O5S/c23-22(24,25)15-3-5-18(27-8-1-2-9-27)17(13-15)26-21(28)7-12-33(29,30)16-4-6-19-20(14-16)32-11-10-31-19/h3-6,13-14H,1-2,7-12H2,(H,26,28). The molecule has 0 unspecified atom stereocenters. The number of alkyl halides is 3. The van der Waals surface area contributed by atoms with Crippen LogP contribution in [0.4, 0.5) is 24.5 Å². The summed E-state index contributed by atoms with van der Waals surface area (Å²) >= 11 is 0. The van der Waals surface area contributed by atoms with Crippen LogP contribution in [0.25, 0.3) is 0 Å². The van der Waals surface area contributed by atoms with Crippen LogP contribution in [0.15, 0.2) is 41.3 Å². The summed E-state index contributed by atoms with van der Waals surface area (Å²) < 4.78 is 75.8. The van der Waals surface area contributed by atoms with Gasteiger partial charge in [-0.25, -0.2) is 8.42 Å². The first kappa shape index (κ1) is 23.2. The number of amides is 1. The SMILES string of the molecule is O=C(CCS(=O)(=O)c1ccc2c(c1)OCCO2)Nc1cc(C(F)(F)F)ccc1N1CCCC1. The van der Waals surface area contributed by atoms with E-state index in [1.165, 1.54) is 24.3 Å². The maximum absolute atomic E-state index is 13.2. The molecule has 2 heterocycles. The van der Waals surface area contributed by atoms with Crippen LogP contribution in [0.5, 0.6) is 11.5 Å². The molecule has 1 fully saturated rings. The average Bonchev–Trinajstić information content (AvgIpc) is 3.31. The highest BCUT2D eigenvalue weighted by Gasteiger charge is 2.32. The van der Waals surface area contributed by atoms with Crippen molar-refractivity contribution in [3.05, 3.63) is 42.0 Å². The Labute approximate surface area is 189 Å². The lowest BCUT2D eigenvalue weighted by Gasteiger charge is -2.23. The topological polar surface area (TPSA) is 84.9 Å². The fourth-order valence-corrected chi connectivity index (χ4v) is 5.07. The summed E-state index contributed by atoms with van der Waals surface area (Å²) in [4.78, 5) is 14.4. The second-order valence-electron chi connectivity index (χ2n) is 7.85. The van der Waals surface area contributed by atoms with Gasteiger partial charge < -0.3 is 19.7 Å². The highest BCUT2D eigenvalue weighted by Crippen LogP contribution is 2.37.